The molecule has 0 aliphatic carbocycles. The van der Waals surface area contributed by atoms with Crippen LogP contribution < -0.4 is 5.32 Å². The highest BCUT2D eigenvalue weighted by molar-refractivity contribution is 5.50. The first kappa shape index (κ1) is 11.7. The van der Waals surface area contributed by atoms with Crippen molar-refractivity contribution >= 4 is 5.69 Å². The van der Waals surface area contributed by atoms with E-state index in [0.717, 1.165) is 18.8 Å². The van der Waals surface area contributed by atoms with Crippen molar-refractivity contribution in [1.29, 1.82) is 0 Å². The molecule has 0 atom stereocenters. The predicted octanol–water partition coefficient (Wildman–Crippen LogP) is 3.13. The fourth-order valence-electron chi connectivity index (χ4n) is 1.86. The molecule has 0 amide bonds. The van der Waals surface area contributed by atoms with Crippen LogP contribution in [0, 0.1) is 13.8 Å². The summed E-state index contributed by atoms with van der Waals surface area (Å²) in [7, 11) is 0. The number of para-hydroxylation sites is 1. The molecule has 90 valence electrons. The van der Waals surface area contributed by atoms with Crippen molar-refractivity contribution < 1.29 is 0 Å². The minimum Gasteiger partial charge on any atom is -0.381 e. The third-order valence-electron chi connectivity index (χ3n) is 2.99. The minimum absolute atomic E-state index is 0.830. The topological polar surface area (TPSA) is 29.9 Å². The number of nitrogens with one attached hydrogen (secondary N) is 1. The Balaban J connectivity index is 2.07. The maximum Gasteiger partial charge on any atom is 0.0643 e. The molecule has 1 heterocycles. The number of hydrogen-bond donors (Lipinski definition) is 1. The Morgan fingerprint density at radius 2 is 2.00 bits per heavy atom. The fourth-order valence-corrected chi connectivity index (χ4v) is 1.86. The third kappa shape index (κ3) is 2.67. The van der Waals surface area contributed by atoms with Gasteiger partial charge in [-0.05, 0) is 32.4 Å². The average molecular weight is 229 g/mol. The first-order chi connectivity index (χ1) is 8.20. The van der Waals surface area contributed by atoms with Crippen LogP contribution in [0.2, 0.25) is 0 Å². The lowest BCUT2D eigenvalue weighted by Crippen LogP contribution is -2.01. The van der Waals surface area contributed by atoms with Gasteiger partial charge >= 0.3 is 0 Å². The second kappa shape index (κ2) is 5.04. The van der Waals surface area contributed by atoms with E-state index in [1.54, 1.807) is 0 Å². The summed E-state index contributed by atoms with van der Waals surface area (Å²) in [6, 6.07) is 8.33. The molecule has 0 radical (unpaired) electrons. The van der Waals surface area contributed by atoms with E-state index in [1.807, 2.05) is 4.68 Å². The molecule has 0 saturated carbocycles. The van der Waals surface area contributed by atoms with E-state index < -0.39 is 0 Å². The van der Waals surface area contributed by atoms with Gasteiger partial charge in [0.2, 0.25) is 0 Å². The maximum atomic E-state index is 4.44. The SMILES string of the molecule is CCn1cc(CNc2ccccc2C)c(C)n1. The summed E-state index contributed by atoms with van der Waals surface area (Å²) in [6.07, 6.45) is 2.11. The molecule has 2 rings (SSSR count). The van der Waals surface area contributed by atoms with Crippen LogP contribution in [0.5, 0.6) is 0 Å². The number of benzene rings is 1. The zero-order valence-corrected chi connectivity index (χ0v) is 10.7. The first-order valence-electron chi connectivity index (χ1n) is 6.03. The van der Waals surface area contributed by atoms with Crippen molar-refractivity contribution in [2.24, 2.45) is 0 Å². The van der Waals surface area contributed by atoms with Crippen LogP contribution in [0.4, 0.5) is 5.69 Å². The van der Waals surface area contributed by atoms with Crippen LogP contribution in [0.1, 0.15) is 23.7 Å². The van der Waals surface area contributed by atoms with Crippen molar-refractivity contribution in [2.45, 2.75) is 33.9 Å². The Morgan fingerprint density at radius 1 is 1.24 bits per heavy atom. The van der Waals surface area contributed by atoms with Crippen LogP contribution in [0.3, 0.4) is 0 Å². The molecule has 0 unspecified atom stereocenters. The summed E-state index contributed by atoms with van der Waals surface area (Å²) in [5.41, 5.74) is 4.83. The molecule has 0 saturated heterocycles. The number of aryl methyl sites for hydroxylation is 3. The Hall–Kier alpha value is -1.77. The van der Waals surface area contributed by atoms with Crippen molar-refractivity contribution in [3.63, 3.8) is 0 Å². The largest absolute Gasteiger partial charge is 0.381 e. The van der Waals surface area contributed by atoms with Gasteiger partial charge in [0.25, 0.3) is 0 Å². The quantitative estimate of drug-likeness (QED) is 0.873. The van der Waals surface area contributed by atoms with Crippen molar-refractivity contribution in [3.05, 3.63) is 47.3 Å². The number of anilines is 1. The molecular formula is C14H19N3. The summed E-state index contributed by atoms with van der Waals surface area (Å²) in [4.78, 5) is 0. The van der Waals surface area contributed by atoms with Gasteiger partial charge in [0.05, 0.1) is 5.69 Å². The highest BCUT2D eigenvalue weighted by atomic mass is 15.3. The van der Waals surface area contributed by atoms with Gasteiger partial charge in [-0.15, -0.1) is 0 Å². The van der Waals surface area contributed by atoms with Gasteiger partial charge in [-0.25, -0.2) is 0 Å². The molecular weight excluding hydrogens is 210 g/mol. The Bertz CT molecular complexity index is 500. The molecule has 3 nitrogen and oxygen atoms in total. The van der Waals surface area contributed by atoms with E-state index in [4.69, 9.17) is 0 Å². The Morgan fingerprint density at radius 3 is 2.65 bits per heavy atom. The van der Waals surface area contributed by atoms with Crippen LogP contribution in [-0.2, 0) is 13.1 Å². The molecule has 0 aliphatic rings. The normalized spacial score (nSPS) is 10.5. The highest BCUT2D eigenvalue weighted by Gasteiger charge is 2.04. The number of rotatable bonds is 4. The van der Waals surface area contributed by atoms with Gasteiger partial charge in [0.1, 0.15) is 0 Å². The fraction of sp³-hybridized carbons (Fsp3) is 0.357. The predicted molar refractivity (Wildman–Crippen MR) is 71.1 cm³/mol. The van der Waals surface area contributed by atoms with Crippen molar-refractivity contribution in [3.8, 4) is 0 Å². The third-order valence-corrected chi connectivity index (χ3v) is 2.99. The minimum atomic E-state index is 0.830. The molecule has 1 N–H and O–H groups in total. The zero-order chi connectivity index (χ0) is 12.3. The number of aromatic nitrogens is 2. The smallest absolute Gasteiger partial charge is 0.0643 e. The lowest BCUT2D eigenvalue weighted by atomic mass is 10.2. The molecule has 1 aromatic heterocycles. The lowest BCUT2D eigenvalue weighted by Gasteiger charge is -2.08. The van der Waals surface area contributed by atoms with E-state index in [-0.39, 0.29) is 0 Å². The maximum absolute atomic E-state index is 4.44. The van der Waals surface area contributed by atoms with Crippen molar-refractivity contribution in [1.82, 2.24) is 9.78 Å². The van der Waals surface area contributed by atoms with Gasteiger partial charge in [-0.2, -0.15) is 5.10 Å². The summed E-state index contributed by atoms with van der Waals surface area (Å²) in [6.45, 7) is 8.03. The van der Waals surface area contributed by atoms with E-state index in [2.05, 4.69) is 61.6 Å². The highest BCUT2D eigenvalue weighted by Crippen LogP contribution is 2.15. The van der Waals surface area contributed by atoms with E-state index in [0.29, 0.717) is 0 Å². The van der Waals surface area contributed by atoms with Gasteiger partial charge in [0.15, 0.2) is 0 Å². The molecule has 17 heavy (non-hydrogen) atoms. The van der Waals surface area contributed by atoms with Gasteiger partial charge in [-0.1, -0.05) is 18.2 Å². The number of hydrogen-bond acceptors (Lipinski definition) is 2. The Kier molecular flexibility index (Phi) is 3.47. The zero-order valence-electron chi connectivity index (χ0n) is 10.7. The van der Waals surface area contributed by atoms with Crippen LogP contribution in [0.15, 0.2) is 30.5 Å². The molecule has 0 aliphatic heterocycles. The van der Waals surface area contributed by atoms with Crippen LogP contribution in [-0.4, -0.2) is 9.78 Å². The summed E-state index contributed by atoms with van der Waals surface area (Å²) >= 11 is 0. The second-order valence-corrected chi connectivity index (χ2v) is 4.26. The molecule has 1 aromatic carbocycles. The standard InChI is InChI=1S/C14H19N3/c1-4-17-10-13(12(3)16-17)9-15-14-8-6-5-7-11(14)2/h5-8,10,15H,4,9H2,1-3H3. The number of nitrogens with zero attached hydrogens (tertiary/aromatic N) is 2. The van der Waals surface area contributed by atoms with E-state index >= 15 is 0 Å². The lowest BCUT2D eigenvalue weighted by molar-refractivity contribution is 0.653. The van der Waals surface area contributed by atoms with E-state index in [1.165, 1.54) is 16.8 Å². The van der Waals surface area contributed by atoms with Gasteiger partial charge in [0, 0.05) is 30.5 Å². The Labute approximate surface area is 102 Å². The first-order valence-corrected chi connectivity index (χ1v) is 6.03. The monoisotopic (exact) mass is 229 g/mol. The summed E-state index contributed by atoms with van der Waals surface area (Å²) < 4.78 is 1.98. The molecule has 0 fully saturated rings. The van der Waals surface area contributed by atoms with Crippen LogP contribution >= 0.6 is 0 Å². The van der Waals surface area contributed by atoms with E-state index in [9.17, 15) is 0 Å². The average Bonchev–Trinajstić information content (AvgIpc) is 2.69. The summed E-state index contributed by atoms with van der Waals surface area (Å²) in [5, 5.41) is 7.89. The molecule has 0 bridgehead atoms. The molecule has 0 spiro atoms. The van der Waals surface area contributed by atoms with Gasteiger partial charge in [-0.3, -0.25) is 4.68 Å². The van der Waals surface area contributed by atoms with Crippen molar-refractivity contribution in [2.75, 3.05) is 5.32 Å². The summed E-state index contributed by atoms with van der Waals surface area (Å²) in [5.74, 6) is 0. The second-order valence-electron chi connectivity index (χ2n) is 4.26. The van der Waals surface area contributed by atoms with Gasteiger partial charge < -0.3 is 5.32 Å². The molecule has 3 heteroatoms. The molecule has 2 aromatic rings. The van der Waals surface area contributed by atoms with Crippen LogP contribution in [0.25, 0.3) is 0 Å².